The third-order valence-corrected chi connectivity index (χ3v) is 3.95. The number of amides is 1. The number of carboxylic acid groups (broad SMARTS) is 1. The van der Waals surface area contributed by atoms with Crippen molar-refractivity contribution < 1.29 is 19.4 Å². The van der Waals surface area contributed by atoms with E-state index in [1.54, 1.807) is 12.0 Å². The van der Waals surface area contributed by atoms with Crippen molar-refractivity contribution in [3.05, 3.63) is 11.6 Å². The summed E-state index contributed by atoms with van der Waals surface area (Å²) in [6.07, 6.45) is 4.53. The molecule has 1 aliphatic heterocycles. The van der Waals surface area contributed by atoms with E-state index in [4.69, 9.17) is 4.74 Å². The lowest BCUT2D eigenvalue weighted by atomic mass is 9.67. The summed E-state index contributed by atoms with van der Waals surface area (Å²) in [5.74, 6) is -1.18. The topological polar surface area (TPSA) is 66.8 Å². The first-order valence-electron chi connectivity index (χ1n) is 6.30. The van der Waals surface area contributed by atoms with E-state index in [9.17, 15) is 14.7 Å². The van der Waals surface area contributed by atoms with Gasteiger partial charge in [0.15, 0.2) is 0 Å². The lowest BCUT2D eigenvalue weighted by Gasteiger charge is -2.40. The van der Waals surface area contributed by atoms with E-state index in [1.807, 2.05) is 6.08 Å². The normalized spacial score (nSPS) is 22.1. The van der Waals surface area contributed by atoms with Gasteiger partial charge in [-0.15, -0.1) is 0 Å². The third-order valence-electron chi connectivity index (χ3n) is 3.95. The van der Waals surface area contributed by atoms with E-state index >= 15 is 0 Å². The number of nitrogens with zero attached hydrogens (tertiary/aromatic N) is 1. The van der Waals surface area contributed by atoms with Crippen molar-refractivity contribution in [2.24, 2.45) is 5.41 Å². The van der Waals surface area contributed by atoms with Crippen molar-refractivity contribution in [2.45, 2.75) is 25.7 Å². The Balaban J connectivity index is 2.01. The van der Waals surface area contributed by atoms with Gasteiger partial charge in [0.25, 0.3) is 0 Å². The monoisotopic (exact) mass is 253 g/mol. The predicted octanol–water partition coefficient (Wildman–Crippen LogP) is 1.05. The van der Waals surface area contributed by atoms with E-state index in [0.29, 0.717) is 32.5 Å². The summed E-state index contributed by atoms with van der Waals surface area (Å²) in [5.41, 5.74) is 0.0478. The Bertz CT molecular complexity index is 384. The molecule has 2 aliphatic rings. The van der Waals surface area contributed by atoms with Crippen LogP contribution in [0.1, 0.15) is 25.7 Å². The van der Waals surface area contributed by atoms with Crippen LogP contribution in [0.4, 0.5) is 0 Å². The van der Waals surface area contributed by atoms with E-state index in [0.717, 1.165) is 12.8 Å². The summed E-state index contributed by atoms with van der Waals surface area (Å²) in [5, 5.41) is 9.24. The van der Waals surface area contributed by atoms with Gasteiger partial charge in [0.05, 0.1) is 6.61 Å². The van der Waals surface area contributed by atoms with Crippen LogP contribution in [0.3, 0.4) is 0 Å². The van der Waals surface area contributed by atoms with Crippen LogP contribution in [0.5, 0.6) is 0 Å². The largest absolute Gasteiger partial charge is 0.480 e. The fraction of sp³-hybridized carbons (Fsp3) is 0.692. The van der Waals surface area contributed by atoms with Crippen LogP contribution in [0.2, 0.25) is 0 Å². The van der Waals surface area contributed by atoms with Crippen LogP contribution in [-0.4, -0.2) is 48.7 Å². The van der Waals surface area contributed by atoms with Crippen LogP contribution in [0.25, 0.3) is 0 Å². The van der Waals surface area contributed by atoms with Crippen molar-refractivity contribution in [3.8, 4) is 0 Å². The molecule has 0 aromatic heterocycles. The lowest BCUT2D eigenvalue weighted by molar-refractivity contribution is -0.167. The lowest BCUT2D eigenvalue weighted by Crippen LogP contribution is -2.53. The number of aliphatic carboxylic acids is 1. The number of carboxylic acids is 1. The molecule has 1 saturated carbocycles. The Labute approximate surface area is 106 Å². The van der Waals surface area contributed by atoms with Gasteiger partial charge in [-0.05, 0) is 24.8 Å². The second-order valence-corrected chi connectivity index (χ2v) is 5.04. The molecule has 1 amide bonds. The Kier molecular flexibility index (Phi) is 3.71. The highest BCUT2D eigenvalue weighted by Crippen LogP contribution is 2.43. The van der Waals surface area contributed by atoms with Gasteiger partial charge in [-0.3, -0.25) is 9.59 Å². The molecule has 0 radical (unpaired) electrons. The second kappa shape index (κ2) is 5.10. The fourth-order valence-corrected chi connectivity index (χ4v) is 2.56. The predicted molar refractivity (Wildman–Crippen MR) is 65.1 cm³/mol. The number of methoxy groups -OCH3 is 1. The molecular weight excluding hydrogens is 234 g/mol. The van der Waals surface area contributed by atoms with Crippen LogP contribution in [-0.2, 0) is 14.3 Å². The minimum Gasteiger partial charge on any atom is -0.480 e. The average Bonchev–Trinajstić information content (AvgIpc) is 2.28. The summed E-state index contributed by atoms with van der Waals surface area (Å²) >= 11 is 0. The highest BCUT2D eigenvalue weighted by atomic mass is 16.5. The van der Waals surface area contributed by atoms with Crippen LogP contribution in [0.15, 0.2) is 11.6 Å². The van der Waals surface area contributed by atoms with Gasteiger partial charge >= 0.3 is 5.97 Å². The third kappa shape index (κ3) is 2.14. The Morgan fingerprint density at radius 1 is 1.50 bits per heavy atom. The summed E-state index contributed by atoms with van der Waals surface area (Å²) in [6.45, 7) is 1.70. The SMILES string of the molecule is COCC1=CCN(C(=O)C2(C(=O)O)CCC2)CC1. The number of ether oxygens (including phenoxy) is 1. The van der Waals surface area contributed by atoms with E-state index in [2.05, 4.69) is 0 Å². The molecule has 0 atom stereocenters. The van der Waals surface area contributed by atoms with Crippen molar-refractivity contribution >= 4 is 11.9 Å². The van der Waals surface area contributed by atoms with Gasteiger partial charge in [0.2, 0.25) is 5.91 Å². The van der Waals surface area contributed by atoms with Gasteiger partial charge in [-0.25, -0.2) is 0 Å². The highest BCUT2D eigenvalue weighted by Gasteiger charge is 2.52. The Hall–Kier alpha value is -1.36. The molecule has 1 N–H and O–H groups in total. The standard InChI is InChI=1S/C13H19NO4/c1-18-9-10-3-7-14(8-4-10)11(15)13(12(16)17)5-2-6-13/h3H,2,4-9H2,1H3,(H,16,17). The fourth-order valence-electron chi connectivity index (χ4n) is 2.56. The molecule has 0 saturated heterocycles. The van der Waals surface area contributed by atoms with E-state index in [-0.39, 0.29) is 5.91 Å². The number of carbonyl (C=O) groups excluding carboxylic acids is 1. The van der Waals surface area contributed by atoms with Crippen molar-refractivity contribution in [3.63, 3.8) is 0 Å². The molecule has 5 heteroatoms. The number of hydrogen-bond acceptors (Lipinski definition) is 3. The molecule has 0 aromatic carbocycles. The van der Waals surface area contributed by atoms with Crippen molar-refractivity contribution in [1.29, 1.82) is 0 Å². The van der Waals surface area contributed by atoms with Crippen LogP contribution in [0, 0.1) is 5.41 Å². The zero-order chi connectivity index (χ0) is 13.2. The molecule has 1 fully saturated rings. The first-order chi connectivity index (χ1) is 8.60. The maximum absolute atomic E-state index is 12.3. The number of rotatable bonds is 4. The molecular formula is C13H19NO4. The molecule has 100 valence electrons. The minimum atomic E-state index is -1.13. The summed E-state index contributed by atoms with van der Waals surface area (Å²) in [6, 6.07) is 0. The first-order valence-corrected chi connectivity index (χ1v) is 6.30. The Morgan fingerprint density at radius 3 is 2.61 bits per heavy atom. The molecule has 1 aliphatic carbocycles. The van der Waals surface area contributed by atoms with Gasteiger partial charge in [-0.1, -0.05) is 12.5 Å². The van der Waals surface area contributed by atoms with Gasteiger partial charge in [0.1, 0.15) is 5.41 Å². The van der Waals surface area contributed by atoms with Crippen LogP contribution < -0.4 is 0 Å². The smallest absolute Gasteiger partial charge is 0.319 e. The highest BCUT2D eigenvalue weighted by molar-refractivity contribution is 6.02. The van der Waals surface area contributed by atoms with Gasteiger partial charge in [0, 0.05) is 20.2 Å². The van der Waals surface area contributed by atoms with Crippen LogP contribution >= 0.6 is 0 Å². The molecule has 0 aromatic rings. The number of hydrogen-bond donors (Lipinski definition) is 1. The quantitative estimate of drug-likeness (QED) is 0.600. The summed E-state index contributed by atoms with van der Waals surface area (Å²) in [4.78, 5) is 25.2. The summed E-state index contributed by atoms with van der Waals surface area (Å²) < 4.78 is 5.05. The van der Waals surface area contributed by atoms with Gasteiger partial charge < -0.3 is 14.7 Å². The zero-order valence-electron chi connectivity index (χ0n) is 10.6. The Morgan fingerprint density at radius 2 is 2.22 bits per heavy atom. The van der Waals surface area contributed by atoms with Crippen molar-refractivity contribution in [1.82, 2.24) is 4.90 Å². The minimum absolute atomic E-state index is 0.214. The molecule has 0 spiro atoms. The molecule has 5 nitrogen and oxygen atoms in total. The van der Waals surface area contributed by atoms with Gasteiger partial charge in [-0.2, -0.15) is 0 Å². The van der Waals surface area contributed by atoms with E-state index in [1.165, 1.54) is 5.57 Å². The number of carbonyl (C=O) groups is 2. The summed E-state index contributed by atoms with van der Waals surface area (Å²) in [7, 11) is 1.64. The zero-order valence-corrected chi connectivity index (χ0v) is 10.6. The average molecular weight is 253 g/mol. The maximum atomic E-state index is 12.3. The molecule has 0 unspecified atom stereocenters. The second-order valence-electron chi connectivity index (χ2n) is 5.04. The maximum Gasteiger partial charge on any atom is 0.319 e. The van der Waals surface area contributed by atoms with Crippen molar-refractivity contribution in [2.75, 3.05) is 26.8 Å². The molecule has 2 rings (SSSR count). The molecule has 18 heavy (non-hydrogen) atoms. The van der Waals surface area contributed by atoms with E-state index < -0.39 is 11.4 Å². The molecule has 1 heterocycles. The molecule has 0 bridgehead atoms. The first kappa shape index (κ1) is 13.1.